The van der Waals surface area contributed by atoms with E-state index in [9.17, 15) is 14.0 Å². The summed E-state index contributed by atoms with van der Waals surface area (Å²) in [5.41, 5.74) is 1.39. The van der Waals surface area contributed by atoms with E-state index < -0.39 is 0 Å². The lowest BCUT2D eigenvalue weighted by atomic mass is 10.1. The van der Waals surface area contributed by atoms with Crippen LogP contribution in [0.3, 0.4) is 0 Å². The lowest BCUT2D eigenvalue weighted by Crippen LogP contribution is -2.23. The Balaban J connectivity index is 1.73. The zero-order valence-corrected chi connectivity index (χ0v) is 14.9. The lowest BCUT2D eigenvalue weighted by Gasteiger charge is -2.11. The SMILES string of the molecule is COc1cc(C(C)=O)ccc1OCCCC(=O)NCc1ccc(F)cc1. The van der Waals surface area contributed by atoms with E-state index in [2.05, 4.69) is 5.32 Å². The van der Waals surface area contributed by atoms with Crippen LogP contribution in [0.5, 0.6) is 11.5 Å². The van der Waals surface area contributed by atoms with E-state index in [4.69, 9.17) is 9.47 Å². The lowest BCUT2D eigenvalue weighted by molar-refractivity contribution is -0.121. The van der Waals surface area contributed by atoms with Crippen molar-refractivity contribution < 1.29 is 23.5 Å². The molecule has 0 aromatic heterocycles. The van der Waals surface area contributed by atoms with Gasteiger partial charge >= 0.3 is 0 Å². The second-order valence-corrected chi connectivity index (χ2v) is 5.78. The van der Waals surface area contributed by atoms with E-state index in [-0.39, 0.29) is 17.5 Å². The molecule has 0 radical (unpaired) electrons. The fourth-order valence-electron chi connectivity index (χ4n) is 2.31. The second-order valence-electron chi connectivity index (χ2n) is 5.78. The zero-order valence-electron chi connectivity index (χ0n) is 14.9. The van der Waals surface area contributed by atoms with Crippen molar-refractivity contribution in [2.75, 3.05) is 13.7 Å². The van der Waals surface area contributed by atoms with Gasteiger partial charge in [-0.05, 0) is 49.2 Å². The van der Waals surface area contributed by atoms with Gasteiger partial charge in [-0.2, -0.15) is 0 Å². The highest BCUT2D eigenvalue weighted by molar-refractivity contribution is 5.94. The molecule has 6 heteroatoms. The maximum Gasteiger partial charge on any atom is 0.220 e. The second kappa shape index (κ2) is 9.56. The number of nitrogens with one attached hydrogen (secondary N) is 1. The van der Waals surface area contributed by atoms with Gasteiger partial charge in [0.25, 0.3) is 0 Å². The van der Waals surface area contributed by atoms with E-state index in [1.165, 1.54) is 26.2 Å². The minimum atomic E-state index is -0.302. The summed E-state index contributed by atoms with van der Waals surface area (Å²) in [5.74, 6) is 0.566. The quantitative estimate of drug-likeness (QED) is 0.550. The summed E-state index contributed by atoms with van der Waals surface area (Å²) in [7, 11) is 1.51. The van der Waals surface area contributed by atoms with Crippen molar-refractivity contribution in [3.63, 3.8) is 0 Å². The molecule has 0 atom stereocenters. The van der Waals surface area contributed by atoms with Crippen molar-refractivity contribution in [2.45, 2.75) is 26.3 Å². The molecule has 138 valence electrons. The van der Waals surface area contributed by atoms with Crippen molar-refractivity contribution >= 4 is 11.7 Å². The van der Waals surface area contributed by atoms with Gasteiger partial charge in [-0.25, -0.2) is 4.39 Å². The molecule has 0 bridgehead atoms. The number of Topliss-reactive ketones (excluding diaryl/α,β-unsaturated/α-hetero) is 1. The zero-order chi connectivity index (χ0) is 18.9. The van der Waals surface area contributed by atoms with Crippen molar-refractivity contribution in [3.05, 3.63) is 59.4 Å². The highest BCUT2D eigenvalue weighted by Crippen LogP contribution is 2.28. The largest absolute Gasteiger partial charge is 0.493 e. The fourth-order valence-corrected chi connectivity index (χ4v) is 2.31. The van der Waals surface area contributed by atoms with Crippen molar-refractivity contribution in [3.8, 4) is 11.5 Å². The first-order valence-corrected chi connectivity index (χ1v) is 8.32. The van der Waals surface area contributed by atoms with Gasteiger partial charge in [0, 0.05) is 18.5 Å². The maximum absolute atomic E-state index is 12.8. The summed E-state index contributed by atoms with van der Waals surface area (Å²) in [4.78, 5) is 23.2. The Kier molecular flexibility index (Phi) is 7.14. The van der Waals surface area contributed by atoms with Gasteiger partial charge in [-0.3, -0.25) is 9.59 Å². The smallest absolute Gasteiger partial charge is 0.220 e. The van der Waals surface area contributed by atoms with Crippen LogP contribution in [0.1, 0.15) is 35.7 Å². The Morgan fingerprint density at radius 1 is 1.08 bits per heavy atom. The average Bonchev–Trinajstić information content (AvgIpc) is 2.64. The molecule has 0 aliphatic carbocycles. The molecule has 0 spiro atoms. The van der Waals surface area contributed by atoms with Crippen LogP contribution in [0.4, 0.5) is 4.39 Å². The molecule has 5 nitrogen and oxygen atoms in total. The van der Waals surface area contributed by atoms with E-state index in [1.54, 1.807) is 30.3 Å². The molecule has 2 aromatic carbocycles. The molecule has 0 heterocycles. The number of carbonyl (C=O) groups is 2. The number of ketones is 1. The van der Waals surface area contributed by atoms with Gasteiger partial charge < -0.3 is 14.8 Å². The number of hydrogen-bond donors (Lipinski definition) is 1. The molecule has 2 aromatic rings. The van der Waals surface area contributed by atoms with Crippen molar-refractivity contribution in [2.24, 2.45) is 0 Å². The normalized spacial score (nSPS) is 10.3. The van der Waals surface area contributed by atoms with Gasteiger partial charge in [0.15, 0.2) is 17.3 Å². The van der Waals surface area contributed by atoms with Gasteiger partial charge in [0.1, 0.15) is 5.82 Å². The van der Waals surface area contributed by atoms with Crippen molar-refractivity contribution in [1.29, 1.82) is 0 Å². The van der Waals surface area contributed by atoms with Crippen LogP contribution in [0.15, 0.2) is 42.5 Å². The molecule has 0 aliphatic rings. The van der Waals surface area contributed by atoms with Crippen LogP contribution in [0.25, 0.3) is 0 Å². The molecule has 0 unspecified atom stereocenters. The Bertz CT molecular complexity index is 759. The van der Waals surface area contributed by atoms with Crippen LogP contribution >= 0.6 is 0 Å². The summed E-state index contributed by atoms with van der Waals surface area (Å²) in [6, 6.07) is 11.0. The monoisotopic (exact) mass is 359 g/mol. The number of carbonyl (C=O) groups excluding carboxylic acids is 2. The molecular weight excluding hydrogens is 337 g/mol. The highest BCUT2D eigenvalue weighted by atomic mass is 19.1. The summed E-state index contributed by atoms with van der Waals surface area (Å²) in [6.45, 7) is 2.19. The first-order valence-electron chi connectivity index (χ1n) is 8.32. The molecule has 1 amide bonds. The third-order valence-electron chi connectivity index (χ3n) is 3.78. The summed E-state index contributed by atoms with van der Waals surface area (Å²) in [5, 5.41) is 2.78. The first kappa shape index (κ1) is 19.4. The Hall–Kier alpha value is -2.89. The molecule has 0 aliphatic heterocycles. The topological polar surface area (TPSA) is 64.6 Å². The third kappa shape index (κ3) is 5.88. The van der Waals surface area contributed by atoms with Crippen LogP contribution < -0.4 is 14.8 Å². The van der Waals surface area contributed by atoms with E-state index >= 15 is 0 Å². The van der Waals surface area contributed by atoms with Gasteiger partial charge in [-0.1, -0.05) is 12.1 Å². The van der Waals surface area contributed by atoms with Crippen molar-refractivity contribution in [1.82, 2.24) is 5.32 Å². The number of benzene rings is 2. The Morgan fingerprint density at radius 3 is 2.46 bits per heavy atom. The van der Waals surface area contributed by atoms with Crippen LogP contribution in [0, 0.1) is 5.82 Å². The summed E-state index contributed by atoms with van der Waals surface area (Å²) < 4.78 is 23.7. The Labute approximate surface area is 152 Å². The minimum Gasteiger partial charge on any atom is -0.493 e. The van der Waals surface area contributed by atoms with Gasteiger partial charge in [0.2, 0.25) is 5.91 Å². The summed E-state index contributed by atoms with van der Waals surface area (Å²) in [6.07, 6.45) is 0.849. The highest BCUT2D eigenvalue weighted by Gasteiger charge is 2.09. The number of hydrogen-bond acceptors (Lipinski definition) is 4. The van der Waals surface area contributed by atoms with E-state index in [0.717, 1.165) is 5.56 Å². The third-order valence-corrected chi connectivity index (χ3v) is 3.78. The summed E-state index contributed by atoms with van der Waals surface area (Å²) >= 11 is 0. The number of ether oxygens (including phenoxy) is 2. The first-order chi connectivity index (χ1) is 12.5. The van der Waals surface area contributed by atoms with E-state index in [0.29, 0.717) is 43.1 Å². The van der Waals surface area contributed by atoms with Crippen LogP contribution in [0.2, 0.25) is 0 Å². The number of rotatable bonds is 9. The molecule has 0 saturated carbocycles. The molecule has 2 rings (SSSR count). The van der Waals surface area contributed by atoms with Crippen LogP contribution in [-0.4, -0.2) is 25.4 Å². The molecule has 0 fully saturated rings. The average molecular weight is 359 g/mol. The molecule has 26 heavy (non-hydrogen) atoms. The Morgan fingerprint density at radius 2 is 1.81 bits per heavy atom. The number of halogens is 1. The molecule has 1 N–H and O–H groups in total. The fraction of sp³-hybridized carbons (Fsp3) is 0.300. The molecular formula is C20H22FNO4. The maximum atomic E-state index is 12.8. The predicted molar refractivity (Wildman–Crippen MR) is 96.0 cm³/mol. The van der Waals surface area contributed by atoms with Gasteiger partial charge in [0.05, 0.1) is 13.7 Å². The van der Waals surface area contributed by atoms with Crippen LogP contribution in [-0.2, 0) is 11.3 Å². The predicted octanol–water partition coefficient (Wildman–Crippen LogP) is 3.51. The molecule has 0 saturated heterocycles. The standard InChI is InChI=1S/C20H22FNO4/c1-14(23)16-7-10-18(19(12-16)25-2)26-11-3-4-20(24)22-13-15-5-8-17(21)9-6-15/h5-10,12H,3-4,11,13H2,1-2H3,(H,22,24). The van der Waals surface area contributed by atoms with Gasteiger partial charge in [-0.15, -0.1) is 0 Å². The number of amides is 1. The minimum absolute atomic E-state index is 0.0484. The van der Waals surface area contributed by atoms with E-state index in [1.807, 2.05) is 0 Å². The number of methoxy groups -OCH3 is 1.